The van der Waals surface area contributed by atoms with E-state index < -0.39 is 0 Å². The molecule has 1 heterocycles. The number of aromatic nitrogens is 3. The molecular formula is C16H16N4O2. The van der Waals surface area contributed by atoms with E-state index in [1.165, 1.54) is 0 Å². The fourth-order valence-corrected chi connectivity index (χ4v) is 2.27. The molecule has 0 aliphatic rings. The normalized spacial score (nSPS) is 10.8. The van der Waals surface area contributed by atoms with Crippen molar-refractivity contribution < 1.29 is 9.90 Å². The molecular weight excluding hydrogens is 280 g/mol. The van der Waals surface area contributed by atoms with Crippen LogP contribution in [0.3, 0.4) is 0 Å². The molecule has 22 heavy (non-hydrogen) atoms. The molecule has 3 rings (SSSR count). The molecule has 0 saturated heterocycles. The van der Waals surface area contributed by atoms with Crippen LogP contribution in [-0.2, 0) is 13.5 Å². The molecule has 2 N–H and O–H groups in total. The molecule has 1 aromatic heterocycles. The number of aliphatic hydroxyl groups is 1. The predicted molar refractivity (Wildman–Crippen MR) is 83.7 cm³/mol. The molecule has 6 heteroatoms. The third-order valence-electron chi connectivity index (χ3n) is 3.49. The second kappa shape index (κ2) is 5.95. The number of aryl methyl sites for hydroxylation is 1. The van der Waals surface area contributed by atoms with Crippen LogP contribution in [0.25, 0.3) is 11.0 Å². The summed E-state index contributed by atoms with van der Waals surface area (Å²) in [5, 5.41) is 19.7. The molecule has 0 aliphatic heterocycles. The topological polar surface area (TPSA) is 80.0 Å². The molecule has 0 saturated carbocycles. The Bertz CT molecular complexity index is 809. The van der Waals surface area contributed by atoms with Crippen molar-refractivity contribution in [1.82, 2.24) is 15.0 Å². The first-order valence-electron chi connectivity index (χ1n) is 6.98. The van der Waals surface area contributed by atoms with E-state index in [4.69, 9.17) is 5.11 Å². The van der Waals surface area contributed by atoms with Gasteiger partial charge in [0.05, 0.1) is 5.52 Å². The number of rotatable bonds is 4. The average molecular weight is 296 g/mol. The van der Waals surface area contributed by atoms with E-state index in [1.54, 1.807) is 16.8 Å². The summed E-state index contributed by atoms with van der Waals surface area (Å²) in [6, 6.07) is 12.7. The third kappa shape index (κ3) is 2.82. The summed E-state index contributed by atoms with van der Waals surface area (Å²) >= 11 is 0. The van der Waals surface area contributed by atoms with Crippen molar-refractivity contribution in [3.05, 3.63) is 53.6 Å². The van der Waals surface area contributed by atoms with Gasteiger partial charge in [-0.2, -0.15) is 0 Å². The number of hydrogen-bond acceptors (Lipinski definition) is 4. The molecule has 1 amide bonds. The average Bonchev–Trinajstić information content (AvgIpc) is 2.90. The van der Waals surface area contributed by atoms with Crippen LogP contribution in [0, 0.1) is 0 Å². The highest BCUT2D eigenvalue weighted by molar-refractivity contribution is 6.05. The number of nitrogens with one attached hydrogen (secondary N) is 1. The molecule has 0 bridgehead atoms. The molecule has 3 aromatic rings. The maximum atomic E-state index is 12.3. The lowest BCUT2D eigenvalue weighted by molar-refractivity contribution is 0.102. The fraction of sp³-hybridized carbons (Fsp3) is 0.188. The molecule has 6 nitrogen and oxygen atoms in total. The monoisotopic (exact) mass is 296 g/mol. The van der Waals surface area contributed by atoms with E-state index in [9.17, 15) is 4.79 Å². The summed E-state index contributed by atoms with van der Waals surface area (Å²) in [6.45, 7) is 0.115. The number of benzene rings is 2. The van der Waals surface area contributed by atoms with Crippen molar-refractivity contribution in [3.8, 4) is 0 Å². The highest BCUT2D eigenvalue weighted by Gasteiger charge is 2.09. The van der Waals surface area contributed by atoms with Gasteiger partial charge in [0.15, 0.2) is 0 Å². The minimum atomic E-state index is -0.192. The van der Waals surface area contributed by atoms with Crippen LogP contribution in [0.2, 0.25) is 0 Å². The van der Waals surface area contributed by atoms with E-state index in [2.05, 4.69) is 15.6 Å². The Kier molecular flexibility index (Phi) is 3.84. The van der Waals surface area contributed by atoms with Gasteiger partial charge in [0.25, 0.3) is 5.91 Å². The molecule has 112 valence electrons. The van der Waals surface area contributed by atoms with Gasteiger partial charge in [0, 0.05) is 24.9 Å². The zero-order valence-electron chi connectivity index (χ0n) is 12.2. The Morgan fingerprint density at radius 2 is 2.00 bits per heavy atom. The van der Waals surface area contributed by atoms with Gasteiger partial charge < -0.3 is 10.4 Å². The molecule has 0 atom stereocenters. The van der Waals surface area contributed by atoms with E-state index in [-0.39, 0.29) is 12.5 Å². The quantitative estimate of drug-likeness (QED) is 0.768. The smallest absolute Gasteiger partial charge is 0.255 e. The van der Waals surface area contributed by atoms with Crippen LogP contribution in [-0.4, -0.2) is 32.6 Å². The highest BCUT2D eigenvalue weighted by Crippen LogP contribution is 2.15. The number of hydrogen-bond donors (Lipinski definition) is 2. The first-order chi connectivity index (χ1) is 10.7. The van der Waals surface area contributed by atoms with Crippen molar-refractivity contribution in [2.45, 2.75) is 6.42 Å². The van der Waals surface area contributed by atoms with Gasteiger partial charge in [-0.3, -0.25) is 4.79 Å². The van der Waals surface area contributed by atoms with E-state index in [0.717, 1.165) is 11.1 Å². The Morgan fingerprint density at radius 3 is 2.73 bits per heavy atom. The fourth-order valence-electron chi connectivity index (χ4n) is 2.27. The highest BCUT2D eigenvalue weighted by atomic mass is 16.3. The molecule has 0 spiro atoms. The Hall–Kier alpha value is -2.73. The van der Waals surface area contributed by atoms with Crippen LogP contribution < -0.4 is 5.32 Å². The van der Waals surface area contributed by atoms with Gasteiger partial charge in [-0.05, 0) is 42.3 Å². The van der Waals surface area contributed by atoms with Crippen LogP contribution in [0.4, 0.5) is 5.69 Å². The second-order valence-electron chi connectivity index (χ2n) is 5.04. The lowest BCUT2D eigenvalue weighted by atomic mass is 10.1. The van der Waals surface area contributed by atoms with Crippen molar-refractivity contribution in [1.29, 1.82) is 0 Å². The molecule has 0 unspecified atom stereocenters. The maximum Gasteiger partial charge on any atom is 0.255 e. The largest absolute Gasteiger partial charge is 0.396 e. The zero-order chi connectivity index (χ0) is 15.5. The first kappa shape index (κ1) is 14.2. The summed E-state index contributed by atoms with van der Waals surface area (Å²) in [4.78, 5) is 12.3. The summed E-state index contributed by atoms with van der Waals surface area (Å²) in [7, 11) is 1.81. The van der Waals surface area contributed by atoms with Crippen LogP contribution in [0.5, 0.6) is 0 Å². The van der Waals surface area contributed by atoms with Gasteiger partial charge in [-0.1, -0.05) is 17.3 Å². The summed E-state index contributed by atoms with van der Waals surface area (Å²) in [5.41, 5.74) is 3.85. The van der Waals surface area contributed by atoms with Gasteiger partial charge in [-0.15, -0.1) is 5.10 Å². The van der Waals surface area contributed by atoms with E-state index in [1.807, 2.05) is 37.4 Å². The zero-order valence-corrected chi connectivity index (χ0v) is 12.2. The van der Waals surface area contributed by atoms with Crippen LogP contribution in [0.15, 0.2) is 42.5 Å². The van der Waals surface area contributed by atoms with Gasteiger partial charge in [-0.25, -0.2) is 4.68 Å². The molecule has 0 aliphatic carbocycles. The molecule has 2 aromatic carbocycles. The van der Waals surface area contributed by atoms with Crippen molar-refractivity contribution in [3.63, 3.8) is 0 Å². The minimum Gasteiger partial charge on any atom is -0.396 e. The third-order valence-corrected chi connectivity index (χ3v) is 3.49. The standard InChI is InChI=1S/C16H16N4O2/c1-20-15-7-4-12(10-14(15)18-19-20)16(22)17-13-5-2-11(3-6-13)8-9-21/h2-7,10,21H,8-9H2,1H3,(H,17,22). The number of nitrogens with zero attached hydrogens (tertiary/aromatic N) is 3. The number of amides is 1. The predicted octanol–water partition coefficient (Wildman–Crippen LogP) is 1.76. The van der Waals surface area contributed by atoms with Crippen LogP contribution in [0.1, 0.15) is 15.9 Å². The van der Waals surface area contributed by atoms with Crippen molar-refractivity contribution in [2.75, 3.05) is 11.9 Å². The number of fused-ring (bicyclic) bond motifs is 1. The van der Waals surface area contributed by atoms with Crippen LogP contribution >= 0.6 is 0 Å². The van der Waals surface area contributed by atoms with Gasteiger partial charge in [0.2, 0.25) is 0 Å². The first-order valence-corrected chi connectivity index (χ1v) is 6.98. The second-order valence-corrected chi connectivity index (χ2v) is 5.04. The maximum absolute atomic E-state index is 12.3. The number of aliphatic hydroxyl groups excluding tert-OH is 1. The number of carbonyl (C=O) groups is 1. The summed E-state index contributed by atoms with van der Waals surface area (Å²) < 4.78 is 1.66. The minimum absolute atomic E-state index is 0.115. The van der Waals surface area contributed by atoms with Crippen molar-refractivity contribution in [2.24, 2.45) is 7.05 Å². The SMILES string of the molecule is Cn1nnc2cc(C(=O)Nc3ccc(CCO)cc3)ccc21. The van der Waals surface area contributed by atoms with Crippen molar-refractivity contribution >= 4 is 22.6 Å². The lowest BCUT2D eigenvalue weighted by Gasteiger charge is -2.06. The van der Waals surface area contributed by atoms with Gasteiger partial charge in [0.1, 0.15) is 5.52 Å². The Labute approximate surface area is 127 Å². The summed E-state index contributed by atoms with van der Waals surface area (Å²) in [5.74, 6) is -0.192. The Morgan fingerprint density at radius 1 is 1.23 bits per heavy atom. The molecule has 0 fully saturated rings. The number of anilines is 1. The molecule has 0 radical (unpaired) electrons. The number of carbonyl (C=O) groups excluding carboxylic acids is 1. The van der Waals surface area contributed by atoms with E-state index in [0.29, 0.717) is 23.2 Å². The lowest BCUT2D eigenvalue weighted by Crippen LogP contribution is -2.11. The van der Waals surface area contributed by atoms with Gasteiger partial charge >= 0.3 is 0 Å². The Balaban J connectivity index is 1.77. The van der Waals surface area contributed by atoms with E-state index >= 15 is 0 Å². The summed E-state index contributed by atoms with van der Waals surface area (Å²) in [6.07, 6.45) is 0.609.